The first-order valence-corrected chi connectivity index (χ1v) is 9.87. The fourth-order valence-corrected chi connectivity index (χ4v) is 3.15. The third-order valence-electron chi connectivity index (χ3n) is 4.82. The zero-order chi connectivity index (χ0) is 22.0. The van der Waals surface area contributed by atoms with Gasteiger partial charge in [0.15, 0.2) is 11.6 Å². The van der Waals surface area contributed by atoms with Crippen molar-refractivity contribution in [1.29, 1.82) is 0 Å². The van der Waals surface area contributed by atoms with E-state index in [4.69, 9.17) is 4.52 Å². The Bertz CT molecular complexity index is 1250. The zero-order valence-corrected chi connectivity index (χ0v) is 17.4. The summed E-state index contributed by atoms with van der Waals surface area (Å²) in [5.74, 6) is 0.910. The van der Waals surface area contributed by atoms with Gasteiger partial charge in [-0.25, -0.2) is 14.1 Å². The number of carbonyl (C=O) groups is 1. The van der Waals surface area contributed by atoms with Gasteiger partial charge in [0.2, 0.25) is 0 Å². The third kappa shape index (κ3) is 4.20. The lowest BCUT2D eigenvalue weighted by molar-refractivity contribution is 0.102. The molecule has 1 N–H and O–H groups in total. The summed E-state index contributed by atoms with van der Waals surface area (Å²) < 4.78 is 20.4. The zero-order valence-electron chi connectivity index (χ0n) is 17.4. The van der Waals surface area contributed by atoms with E-state index in [0.29, 0.717) is 45.6 Å². The lowest BCUT2D eigenvalue weighted by Crippen LogP contribution is -2.13. The molecule has 0 atom stereocenters. The Hall–Kier alpha value is -3.88. The summed E-state index contributed by atoms with van der Waals surface area (Å²) in [5, 5.41) is 11.1. The van der Waals surface area contributed by atoms with Gasteiger partial charge in [-0.15, -0.1) is 0 Å². The van der Waals surface area contributed by atoms with Gasteiger partial charge < -0.3 is 9.84 Å². The van der Waals surface area contributed by atoms with Crippen molar-refractivity contribution in [3.8, 4) is 17.3 Å². The van der Waals surface area contributed by atoms with Crippen LogP contribution in [0.3, 0.4) is 0 Å². The average Bonchev–Trinajstić information content (AvgIpc) is 3.38. The Labute approximate surface area is 178 Å². The normalized spacial score (nSPS) is 11.0. The van der Waals surface area contributed by atoms with Crippen molar-refractivity contribution in [2.45, 2.75) is 33.6 Å². The average molecular weight is 420 g/mol. The molecule has 31 heavy (non-hydrogen) atoms. The molecule has 0 aliphatic rings. The van der Waals surface area contributed by atoms with Crippen LogP contribution < -0.4 is 5.32 Å². The molecule has 0 saturated carbocycles. The quantitative estimate of drug-likeness (QED) is 0.500. The number of rotatable bonds is 6. The van der Waals surface area contributed by atoms with Crippen molar-refractivity contribution in [3.63, 3.8) is 0 Å². The second-order valence-electron chi connectivity index (χ2n) is 7.14. The minimum Gasteiger partial charge on any atom is -0.334 e. The highest BCUT2D eigenvalue weighted by Crippen LogP contribution is 2.21. The molecule has 1 aromatic carbocycles. The summed E-state index contributed by atoms with van der Waals surface area (Å²) in [5.41, 5.74) is 2.67. The van der Waals surface area contributed by atoms with Crippen LogP contribution in [0, 0.1) is 19.7 Å². The highest BCUT2D eigenvalue weighted by Gasteiger charge is 2.17. The van der Waals surface area contributed by atoms with Gasteiger partial charge in [0.05, 0.1) is 17.5 Å². The molecule has 4 aromatic rings. The van der Waals surface area contributed by atoms with Crippen molar-refractivity contribution < 1.29 is 13.7 Å². The van der Waals surface area contributed by atoms with Crippen LogP contribution in [0.2, 0.25) is 0 Å². The third-order valence-corrected chi connectivity index (χ3v) is 4.82. The van der Waals surface area contributed by atoms with E-state index in [1.807, 2.05) is 6.92 Å². The van der Waals surface area contributed by atoms with Gasteiger partial charge in [-0.3, -0.25) is 4.79 Å². The Kier molecular flexibility index (Phi) is 5.57. The van der Waals surface area contributed by atoms with Gasteiger partial charge in [0.25, 0.3) is 11.8 Å². The lowest BCUT2D eigenvalue weighted by atomic mass is 10.2. The molecule has 3 aromatic heterocycles. The van der Waals surface area contributed by atoms with E-state index in [0.717, 1.165) is 12.8 Å². The van der Waals surface area contributed by atoms with E-state index in [9.17, 15) is 9.18 Å². The van der Waals surface area contributed by atoms with Crippen molar-refractivity contribution in [2.24, 2.45) is 0 Å². The first kappa shape index (κ1) is 20.4. The molecule has 1 amide bonds. The molecule has 0 fully saturated rings. The lowest BCUT2D eigenvalue weighted by Gasteiger charge is -2.07. The van der Waals surface area contributed by atoms with Gasteiger partial charge in [0.1, 0.15) is 5.82 Å². The van der Waals surface area contributed by atoms with Gasteiger partial charge in [-0.05, 0) is 56.2 Å². The molecular weight excluding hydrogens is 399 g/mol. The van der Waals surface area contributed by atoms with E-state index in [-0.39, 0.29) is 11.7 Å². The maximum Gasteiger partial charge on any atom is 0.259 e. The van der Waals surface area contributed by atoms with Crippen LogP contribution in [-0.2, 0) is 6.42 Å². The summed E-state index contributed by atoms with van der Waals surface area (Å²) in [4.78, 5) is 21.5. The summed E-state index contributed by atoms with van der Waals surface area (Å²) in [6.45, 7) is 5.46. The molecule has 158 valence electrons. The minimum absolute atomic E-state index is 0.323. The molecule has 3 heterocycles. The monoisotopic (exact) mass is 420 g/mol. The van der Waals surface area contributed by atoms with Gasteiger partial charge in [-0.2, -0.15) is 10.1 Å². The van der Waals surface area contributed by atoms with Crippen LogP contribution in [0.15, 0.2) is 47.2 Å². The number of nitrogens with one attached hydrogen (secondary N) is 1. The first-order valence-electron chi connectivity index (χ1n) is 9.87. The number of benzene rings is 1. The maximum atomic E-state index is 13.5. The summed E-state index contributed by atoms with van der Waals surface area (Å²) in [6, 6.07) is 7.96. The van der Waals surface area contributed by atoms with E-state index >= 15 is 0 Å². The van der Waals surface area contributed by atoms with Crippen LogP contribution in [0.25, 0.3) is 17.3 Å². The molecule has 0 aliphatic carbocycles. The van der Waals surface area contributed by atoms with Crippen LogP contribution in [0.1, 0.15) is 40.8 Å². The molecular formula is C22H21FN6O2. The molecule has 0 aliphatic heterocycles. The van der Waals surface area contributed by atoms with Crippen LogP contribution in [-0.4, -0.2) is 30.8 Å². The number of hydrogen-bond donors (Lipinski definition) is 1. The Morgan fingerprint density at radius 2 is 2.06 bits per heavy atom. The van der Waals surface area contributed by atoms with E-state index in [1.54, 1.807) is 42.9 Å². The Balaban J connectivity index is 1.58. The van der Waals surface area contributed by atoms with E-state index in [2.05, 4.69) is 25.5 Å². The topological polar surface area (TPSA) is 98.7 Å². The minimum atomic E-state index is -0.341. The standard InChI is InChI=1S/C22H21FN6O2/c1-4-5-19-27-22(31-28-19)15-8-9-24-20(11-15)29-14(3)17(12-25-29)21(30)26-16-6-7-18(23)13(2)10-16/h6-12H,4-5H2,1-3H3,(H,26,30). The molecule has 0 saturated heterocycles. The van der Waals surface area contributed by atoms with Crippen LogP contribution >= 0.6 is 0 Å². The second kappa shape index (κ2) is 8.47. The SMILES string of the molecule is CCCc1noc(-c2ccnc(-n3ncc(C(=O)Nc4ccc(F)c(C)c4)c3C)c2)n1. The van der Waals surface area contributed by atoms with Crippen molar-refractivity contribution >= 4 is 11.6 Å². The van der Waals surface area contributed by atoms with Crippen molar-refractivity contribution in [2.75, 3.05) is 5.32 Å². The smallest absolute Gasteiger partial charge is 0.259 e. The largest absolute Gasteiger partial charge is 0.334 e. The predicted molar refractivity (Wildman–Crippen MR) is 112 cm³/mol. The van der Waals surface area contributed by atoms with Crippen molar-refractivity contribution in [1.82, 2.24) is 24.9 Å². The van der Waals surface area contributed by atoms with Crippen LogP contribution in [0.4, 0.5) is 10.1 Å². The molecule has 0 unspecified atom stereocenters. The molecule has 8 nitrogen and oxygen atoms in total. The van der Waals surface area contributed by atoms with Crippen LogP contribution in [0.5, 0.6) is 0 Å². The molecule has 0 radical (unpaired) electrons. The number of anilines is 1. The molecule has 4 rings (SSSR count). The fourth-order valence-electron chi connectivity index (χ4n) is 3.15. The number of pyridine rings is 1. The Morgan fingerprint density at radius 1 is 1.23 bits per heavy atom. The number of hydrogen-bond acceptors (Lipinski definition) is 6. The second-order valence-corrected chi connectivity index (χ2v) is 7.14. The summed E-state index contributed by atoms with van der Waals surface area (Å²) >= 11 is 0. The van der Waals surface area contributed by atoms with E-state index in [1.165, 1.54) is 18.3 Å². The molecule has 0 bridgehead atoms. The number of aryl methyl sites for hydroxylation is 2. The van der Waals surface area contributed by atoms with Gasteiger partial charge >= 0.3 is 0 Å². The number of aromatic nitrogens is 5. The summed E-state index contributed by atoms with van der Waals surface area (Å²) in [7, 11) is 0. The molecule has 0 spiro atoms. The number of carbonyl (C=O) groups excluding carboxylic acids is 1. The van der Waals surface area contributed by atoms with Gasteiger partial charge in [-0.1, -0.05) is 12.1 Å². The number of nitrogens with zero attached hydrogens (tertiary/aromatic N) is 5. The molecule has 9 heteroatoms. The van der Waals surface area contributed by atoms with Crippen molar-refractivity contribution in [3.05, 3.63) is 71.2 Å². The van der Waals surface area contributed by atoms with E-state index < -0.39 is 0 Å². The highest BCUT2D eigenvalue weighted by molar-refractivity contribution is 6.05. The predicted octanol–water partition coefficient (Wildman–Crippen LogP) is 4.28. The highest BCUT2D eigenvalue weighted by atomic mass is 19.1. The van der Waals surface area contributed by atoms with Gasteiger partial charge in [0, 0.05) is 23.9 Å². The Morgan fingerprint density at radius 3 is 2.84 bits per heavy atom. The number of halogens is 1. The first-order chi connectivity index (χ1) is 15.0. The summed E-state index contributed by atoms with van der Waals surface area (Å²) in [6.07, 6.45) is 4.76. The maximum absolute atomic E-state index is 13.5. The fraction of sp³-hybridized carbons (Fsp3) is 0.227. The number of amides is 1.